The first-order chi connectivity index (χ1) is 12.8. The van der Waals surface area contributed by atoms with Crippen molar-refractivity contribution in [2.24, 2.45) is 0 Å². The number of carbonyl (C=O) groups is 1. The van der Waals surface area contributed by atoms with Crippen LogP contribution in [0.1, 0.15) is 6.42 Å². The molecule has 27 heavy (non-hydrogen) atoms. The van der Waals surface area contributed by atoms with Crippen LogP contribution in [0.25, 0.3) is 15.2 Å². The zero-order valence-electron chi connectivity index (χ0n) is 14.7. The summed E-state index contributed by atoms with van der Waals surface area (Å²) in [6.07, 6.45) is 0.479. The van der Waals surface area contributed by atoms with Crippen LogP contribution in [0.2, 0.25) is 0 Å². The first-order valence-electron chi connectivity index (χ1n) is 8.48. The van der Waals surface area contributed by atoms with Crippen molar-refractivity contribution in [2.45, 2.75) is 19.1 Å². The minimum absolute atomic E-state index is 0.0257. The summed E-state index contributed by atoms with van der Waals surface area (Å²) in [7, 11) is -1.20. The molecule has 0 aliphatic carbocycles. The van der Waals surface area contributed by atoms with Crippen LogP contribution in [0.4, 0.5) is 0 Å². The van der Waals surface area contributed by atoms with Crippen molar-refractivity contribution >= 4 is 54.5 Å². The number of benzene rings is 1. The van der Waals surface area contributed by atoms with Gasteiger partial charge in [-0.2, -0.15) is 0 Å². The number of likely N-dealkylation sites (N-methyl/N-ethyl adjacent to an activating group) is 1. The van der Waals surface area contributed by atoms with E-state index in [1.165, 1.54) is 0 Å². The van der Waals surface area contributed by atoms with Gasteiger partial charge in [0.15, 0.2) is 9.84 Å². The number of carbonyl (C=O) groups excluding carboxylic acids is 1. The van der Waals surface area contributed by atoms with E-state index in [4.69, 9.17) is 12.2 Å². The molecule has 8 nitrogen and oxygen atoms in total. The van der Waals surface area contributed by atoms with Crippen molar-refractivity contribution in [3.05, 3.63) is 29.0 Å². The quantitative estimate of drug-likeness (QED) is 0.620. The summed E-state index contributed by atoms with van der Waals surface area (Å²) in [6, 6.07) is 7.70. The third-order valence-corrected chi connectivity index (χ3v) is 7.68. The molecular weight excluding hydrogens is 406 g/mol. The highest BCUT2D eigenvalue weighted by Gasteiger charge is 2.29. The van der Waals surface area contributed by atoms with E-state index < -0.39 is 9.84 Å². The topological polar surface area (TPSA) is 88.7 Å². The third kappa shape index (κ3) is 3.77. The predicted octanol–water partition coefficient (Wildman–Crippen LogP) is 1.27. The SMILES string of the molecule is CN(CC(=O)NC1CCS(=O)(=O)C1)Cn1nc2sc3ccccc3n2c1=S. The standard InChI is InChI=1S/C16H19N5O3S3/c1-19(8-14(22)17-11-6-7-27(23,24)9-11)10-20-16(25)21-12-4-2-3-5-13(12)26-15(21)18-20/h2-5,11H,6-10H2,1H3,(H,17,22). The fourth-order valence-electron chi connectivity index (χ4n) is 3.28. The molecule has 11 heteroatoms. The Kier molecular flexibility index (Phi) is 4.78. The van der Waals surface area contributed by atoms with E-state index in [1.807, 2.05) is 28.7 Å². The largest absolute Gasteiger partial charge is 0.351 e. The van der Waals surface area contributed by atoms with Crippen LogP contribution in [0.5, 0.6) is 0 Å². The monoisotopic (exact) mass is 425 g/mol. The molecule has 0 saturated carbocycles. The number of hydrogen-bond acceptors (Lipinski definition) is 7. The van der Waals surface area contributed by atoms with Crippen molar-refractivity contribution in [3.63, 3.8) is 0 Å². The molecule has 0 bridgehead atoms. The second kappa shape index (κ2) is 6.97. The molecule has 1 atom stereocenters. The molecule has 4 rings (SSSR count). The van der Waals surface area contributed by atoms with E-state index in [0.29, 0.717) is 17.9 Å². The highest BCUT2D eigenvalue weighted by atomic mass is 32.2. The Bertz CT molecular complexity index is 1180. The van der Waals surface area contributed by atoms with E-state index in [9.17, 15) is 13.2 Å². The highest BCUT2D eigenvalue weighted by molar-refractivity contribution is 7.91. The maximum Gasteiger partial charge on any atom is 0.234 e. The summed E-state index contributed by atoms with van der Waals surface area (Å²) < 4.78 is 28.3. The molecule has 1 unspecified atom stereocenters. The molecule has 144 valence electrons. The Labute approximate surface area is 165 Å². The minimum Gasteiger partial charge on any atom is -0.351 e. The van der Waals surface area contributed by atoms with Gasteiger partial charge >= 0.3 is 0 Å². The number of amides is 1. The summed E-state index contributed by atoms with van der Waals surface area (Å²) in [5.41, 5.74) is 1.02. The maximum absolute atomic E-state index is 12.2. The Morgan fingerprint density at radius 2 is 2.22 bits per heavy atom. The number of hydrogen-bond donors (Lipinski definition) is 1. The number of aromatic nitrogens is 3. The zero-order valence-corrected chi connectivity index (χ0v) is 17.1. The van der Waals surface area contributed by atoms with E-state index in [2.05, 4.69) is 10.4 Å². The first kappa shape index (κ1) is 18.5. The van der Waals surface area contributed by atoms with E-state index >= 15 is 0 Å². The van der Waals surface area contributed by atoms with Crippen molar-refractivity contribution in [1.29, 1.82) is 0 Å². The van der Waals surface area contributed by atoms with Gasteiger partial charge in [-0.1, -0.05) is 23.5 Å². The number of sulfone groups is 1. The third-order valence-electron chi connectivity index (χ3n) is 4.50. The van der Waals surface area contributed by atoms with Crippen LogP contribution in [-0.2, 0) is 21.3 Å². The normalized spacial score (nSPS) is 19.3. The van der Waals surface area contributed by atoms with E-state index in [0.717, 1.165) is 15.2 Å². The van der Waals surface area contributed by atoms with Gasteiger partial charge in [0, 0.05) is 6.04 Å². The number of nitrogens with one attached hydrogen (secondary N) is 1. The Morgan fingerprint density at radius 3 is 2.96 bits per heavy atom. The second-order valence-electron chi connectivity index (χ2n) is 6.79. The molecule has 2 aromatic heterocycles. The molecule has 1 aromatic carbocycles. The molecule has 1 aliphatic heterocycles. The van der Waals surface area contributed by atoms with Crippen LogP contribution >= 0.6 is 23.6 Å². The molecule has 1 amide bonds. The van der Waals surface area contributed by atoms with Crippen LogP contribution < -0.4 is 5.32 Å². The summed E-state index contributed by atoms with van der Waals surface area (Å²) >= 11 is 7.13. The van der Waals surface area contributed by atoms with E-state index in [1.54, 1.807) is 28.0 Å². The van der Waals surface area contributed by atoms with Crippen molar-refractivity contribution in [3.8, 4) is 0 Å². The maximum atomic E-state index is 12.2. The fraction of sp³-hybridized carbons (Fsp3) is 0.438. The summed E-state index contributed by atoms with van der Waals surface area (Å²) in [5.74, 6) is -0.0298. The smallest absolute Gasteiger partial charge is 0.234 e. The predicted molar refractivity (Wildman–Crippen MR) is 107 cm³/mol. The summed E-state index contributed by atoms with van der Waals surface area (Å²) in [5, 5.41) is 7.35. The van der Waals surface area contributed by atoms with E-state index in [-0.39, 0.29) is 30.0 Å². The van der Waals surface area contributed by atoms with Crippen molar-refractivity contribution in [1.82, 2.24) is 24.4 Å². The van der Waals surface area contributed by atoms with Crippen LogP contribution in [-0.4, -0.2) is 64.5 Å². The van der Waals surface area contributed by atoms with Crippen molar-refractivity contribution < 1.29 is 13.2 Å². The number of rotatable bonds is 5. The Hall–Kier alpha value is -1.82. The number of fused-ring (bicyclic) bond motifs is 3. The summed E-state index contributed by atoms with van der Waals surface area (Å²) in [6.45, 7) is 0.516. The molecule has 3 heterocycles. The molecule has 0 spiro atoms. The fourth-order valence-corrected chi connectivity index (χ4v) is 6.32. The molecule has 1 N–H and O–H groups in total. The molecule has 1 saturated heterocycles. The van der Waals surface area contributed by atoms with Gasteiger partial charge in [-0.05, 0) is 37.8 Å². The molecule has 3 aromatic rings. The van der Waals surface area contributed by atoms with Crippen LogP contribution in [0.3, 0.4) is 0 Å². The molecular formula is C16H19N5O3S3. The lowest BCUT2D eigenvalue weighted by Crippen LogP contribution is -2.42. The van der Waals surface area contributed by atoms with Gasteiger partial charge in [0.1, 0.15) is 0 Å². The Morgan fingerprint density at radius 1 is 1.44 bits per heavy atom. The van der Waals surface area contributed by atoms with Gasteiger partial charge in [-0.3, -0.25) is 14.1 Å². The van der Waals surface area contributed by atoms with Gasteiger partial charge in [0.2, 0.25) is 15.6 Å². The zero-order chi connectivity index (χ0) is 19.2. The summed E-state index contributed by atoms with van der Waals surface area (Å²) in [4.78, 5) is 14.8. The van der Waals surface area contributed by atoms with Crippen LogP contribution in [0, 0.1) is 4.77 Å². The van der Waals surface area contributed by atoms with Gasteiger partial charge in [0.05, 0.1) is 34.9 Å². The van der Waals surface area contributed by atoms with Gasteiger partial charge in [-0.15, -0.1) is 5.10 Å². The number of para-hydroxylation sites is 1. The molecule has 0 radical (unpaired) electrons. The lowest BCUT2D eigenvalue weighted by atomic mass is 10.2. The van der Waals surface area contributed by atoms with Crippen molar-refractivity contribution in [2.75, 3.05) is 25.1 Å². The Balaban J connectivity index is 1.43. The highest BCUT2D eigenvalue weighted by Crippen LogP contribution is 2.25. The van der Waals surface area contributed by atoms with Gasteiger partial charge in [-0.25, -0.2) is 13.1 Å². The average Bonchev–Trinajstić information content (AvgIpc) is 3.20. The second-order valence-corrected chi connectivity index (χ2v) is 10.4. The number of thiazole rings is 1. The number of nitrogens with zero attached hydrogens (tertiary/aromatic N) is 4. The first-order valence-corrected chi connectivity index (χ1v) is 11.5. The molecule has 1 fully saturated rings. The molecule has 1 aliphatic rings. The average molecular weight is 426 g/mol. The minimum atomic E-state index is -3.01. The lowest BCUT2D eigenvalue weighted by Gasteiger charge is -2.17. The van der Waals surface area contributed by atoms with Gasteiger partial charge < -0.3 is 5.32 Å². The van der Waals surface area contributed by atoms with Gasteiger partial charge in [0.25, 0.3) is 0 Å². The van der Waals surface area contributed by atoms with Crippen LogP contribution in [0.15, 0.2) is 24.3 Å². The lowest BCUT2D eigenvalue weighted by molar-refractivity contribution is -0.122.